The van der Waals surface area contributed by atoms with Gasteiger partial charge in [-0.2, -0.15) is 0 Å². The van der Waals surface area contributed by atoms with Gasteiger partial charge in [0, 0.05) is 18.5 Å². The van der Waals surface area contributed by atoms with Gasteiger partial charge in [-0.3, -0.25) is 4.79 Å². The minimum Gasteiger partial charge on any atom is -0.335 e. The average Bonchev–Trinajstić information content (AvgIpc) is 2.97. The Hall–Kier alpha value is -1.35. The molecule has 3 heteroatoms. The Bertz CT molecular complexity index is 459. The van der Waals surface area contributed by atoms with E-state index in [2.05, 4.69) is 41.4 Å². The van der Waals surface area contributed by atoms with Crippen molar-refractivity contribution in [2.45, 2.75) is 44.7 Å². The third-order valence-corrected chi connectivity index (χ3v) is 4.69. The van der Waals surface area contributed by atoms with Gasteiger partial charge in [-0.1, -0.05) is 30.3 Å². The molecule has 0 radical (unpaired) electrons. The Labute approximate surface area is 121 Å². The summed E-state index contributed by atoms with van der Waals surface area (Å²) in [6.07, 6.45) is 4.21. The minimum atomic E-state index is 0.218. The summed E-state index contributed by atoms with van der Waals surface area (Å²) in [5, 5.41) is 3.43. The van der Waals surface area contributed by atoms with E-state index in [1.807, 2.05) is 6.07 Å². The molecule has 2 saturated heterocycles. The molecule has 1 amide bonds. The maximum absolute atomic E-state index is 12.8. The fourth-order valence-electron chi connectivity index (χ4n) is 3.64. The number of carbonyl (C=O) groups is 1. The number of carbonyl (C=O) groups excluding carboxylic acids is 1. The molecule has 3 rings (SSSR count). The summed E-state index contributed by atoms with van der Waals surface area (Å²) in [6, 6.07) is 11.3. The standard InChI is InChI=1S/C17H24N2O/c1-13-12-15(9-10-18-13)17(20)19-11-5-8-16(19)14-6-3-2-4-7-14/h2-4,6-7,13,15-16,18H,5,8-12H2,1H3/t13-,15-,16?/m0/s1. The molecule has 108 valence electrons. The lowest BCUT2D eigenvalue weighted by Gasteiger charge is -2.33. The Morgan fingerprint density at radius 3 is 2.80 bits per heavy atom. The quantitative estimate of drug-likeness (QED) is 0.898. The van der Waals surface area contributed by atoms with Gasteiger partial charge in [-0.15, -0.1) is 0 Å². The first-order valence-electron chi connectivity index (χ1n) is 7.84. The van der Waals surface area contributed by atoms with Crippen LogP contribution in [0.3, 0.4) is 0 Å². The van der Waals surface area contributed by atoms with Crippen LogP contribution >= 0.6 is 0 Å². The van der Waals surface area contributed by atoms with E-state index in [9.17, 15) is 4.79 Å². The number of benzene rings is 1. The highest BCUT2D eigenvalue weighted by atomic mass is 16.2. The molecular weight excluding hydrogens is 248 g/mol. The van der Waals surface area contributed by atoms with Crippen molar-refractivity contribution in [3.8, 4) is 0 Å². The third kappa shape index (κ3) is 2.73. The Morgan fingerprint density at radius 1 is 1.25 bits per heavy atom. The summed E-state index contributed by atoms with van der Waals surface area (Å²) in [6.45, 7) is 4.08. The van der Waals surface area contributed by atoms with Gasteiger partial charge in [0.2, 0.25) is 5.91 Å². The topological polar surface area (TPSA) is 32.3 Å². The highest BCUT2D eigenvalue weighted by Crippen LogP contribution is 2.34. The lowest BCUT2D eigenvalue weighted by Crippen LogP contribution is -2.44. The van der Waals surface area contributed by atoms with Crippen LogP contribution in [-0.2, 0) is 4.79 Å². The second-order valence-electron chi connectivity index (χ2n) is 6.18. The summed E-state index contributed by atoms with van der Waals surface area (Å²) in [4.78, 5) is 15.0. The highest BCUT2D eigenvalue weighted by molar-refractivity contribution is 5.79. The van der Waals surface area contributed by atoms with E-state index < -0.39 is 0 Å². The van der Waals surface area contributed by atoms with E-state index in [1.165, 1.54) is 5.56 Å². The van der Waals surface area contributed by atoms with Gasteiger partial charge in [0.15, 0.2) is 0 Å². The average molecular weight is 272 g/mol. The highest BCUT2D eigenvalue weighted by Gasteiger charge is 2.35. The number of likely N-dealkylation sites (tertiary alicyclic amines) is 1. The number of amides is 1. The monoisotopic (exact) mass is 272 g/mol. The second-order valence-corrected chi connectivity index (χ2v) is 6.18. The van der Waals surface area contributed by atoms with E-state index in [-0.39, 0.29) is 5.92 Å². The van der Waals surface area contributed by atoms with Crippen molar-refractivity contribution in [2.75, 3.05) is 13.1 Å². The molecule has 1 aromatic rings. The lowest BCUT2D eigenvalue weighted by atomic mass is 9.91. The Kier molecular flexibility index (Phi) is 4.06. The van der Waals surface area contributed by atoms with Crippen LogP contribution in [0.1, 0.15) is 44.2 Å². The van der Waals surface area contributed by atoms with E-state index >= 15 is 0 Å². The molecule has 0 saturated carbocycles. The number of nitrogens with zero attached hydrogens (tertiary/aromatic N) is 1. The molecule has 0 bridgehead atoms. The van der Waals surface area contributed by atoms with Crippen molar-refractivity contribution >= 4 is 5.91 Å². The van der Waals surface area contributed by atoms with Gasteiger partial charge >= 0.3 is 0 Å². The molecule has 0 spiro atoms. The van der Waals surface area contributed by atoms with Crippen molar-refractivity contribution in [3.05, 3.63) is 35.9 Å². The van der Waals surface area contributed by atoms with Crippen LogP contribution in [0.4, 0.5) is 0 Å². The normalized spacial score (nSPS) is 30.4. The van der Waals surface area contributed by atoms with Gasteiger partial charge in [0.25, 0.3) is 0 Å². The van der Waals surface area contributed by atoms with Crippen molar-refractivity contribution in [3.63, 3.8) is 0 Å². The van der Waals surface area contributed by atoms with E-state index in [4.69, 9.17) is 0 Å². The van der Waals surface area contributed by atoms with Crippen LogP contribution in [-0.4, -0.2) is 29.9 Å². The number of rotatable bonds is 2. The molecular formula is C17H24N2O. The molecule has 20 heavy (non-hydrogen) atoms. The van der Waals surface area contributed by atoms with Crippen molar-refractivity contribution in [1.29, 1.82) is 0 Å². The smallest absolute Gasteiger partial charge is 0.226 e. The van der Waals surface area contributed by atoms with Crippen LogP contribution in [0.5, 0.6) is 0 Å². The van der Waals surface area contributed by atoms with Crippen LogP contribution in [0.2, 0.25) is 0 Å². The number of hydrogen-bond acceptors (Lipinski definition) is 2. The number of nitrogens with one attached hydrogen (secondary N) is 1. The van der Waals surface area contributed by atoms with Gasteiger partial charge in [-0.05, 0) is 44.7 Å². The molecule has 1 unspecified atom stereocenters. The van der Waals surface area contributed by atoms with Gasteiger partial charge in [0.05, 0.1) is 6.04 Å². The van der Waals surface area contributed by atoms with E-state index in [1.54, 1.807) is 0 Å². The van der Waals surface area contributed by atoms with Gasteiger partial charge in [0.1, 0.15) is 0 Å². The SMILES string of the molecule is C[C@H]1C[C@@H](C(=O)N2CCCC2c2ccccc2)CCN1. The van der Waals surface area contributed by atoms with Gasteiger partial charge in [-0.25, -0.2) is 0 Å². The molecule has 0 aliphatic carbocycles. The van der Waals surface area contributed by atoms with Gasteiger partial charge < -0.3 is 10.2 Å². The van der Waals surface area contributed by atoms with Crippen LogP contribution < -0.4 is 5.32 Å². The predicted molar refractivity (Wildman–Crippen MR) is 80.3 cm³/mol. The number of piperidine rings is 1. The van der Waals surface area contributed by atoms with Crippen molar-refractivity contribution in [1.82, 2.24) is 10.2 Å². The maximum Gasteiger partial charge on any atom is 0.226 e. The number of hydrogen-bond donors (Lipinski definition) is 1. The fraction of sp³-hybridized carbons (Fsp3) is 0.588. The summed E-state index contributed by atoms with van der Waals surface area (Å²) in [5.41, 5.74) is 1.29. The minimum absolute atomic E-state index is 0.218. The molecule has 2 aliphatic rings. The molecule has 1 N–H and O–H groups in total. The molecule has 3 atom stereocenters. The Balaban J connectivity index is 1.73. The van der Waals surface area contributed by atoms with Crippen molar-refractivity contribution in [2.24, 2.45) is 5.92 Å². The largest absolute Gasteiger partial charge is 0.335 e. The molecule has 0 aromatic heterocycles. The first kappa shape index (κ1) is 13.6. The first-order valence-corrected chi connectivity index (χ1v) is 7.84. The zero-order valence-electron chi connectivity index (χ0n) is 12.2. The summed E-state index contributed by atoms with van der Waals surface area (Å²) in [7, 11) is 0. The molecule has 2 aliphatic heterocycles. The maximum atomic E-state index is 12.8. The predicted octanol–water partition coefficient (Wildman–Crippen LogP) is 2.74. The molecule has 2 heterocycles. The summed E-state index contributed by atoms with van der Waals surface area (Å²) in [5.74, 6) is 0.597. The fourth-order valence-corrected chi connectivity index (χ4v) is 3.64. The molecule has 3 nitrogen and oxygen atoms in total. The summed E-state index contributed by atoms with van der Waals surface area (Å²) >= 11 is 0. The lowest BCUT2D eigenvalue weighted by molar-refractivity contribution is -0.137. The zero-order valence-corrected chi connectivity index (χ0v) is 12.2. The Morgan fingerprint density at radius 2 is 2.05 bits per heavy atom. The first-order chi connectivity index (χ1) is 9.75. The van der Waals surface area contributed by atoms with Crippen LogP contribution in [0, 0.1) is 5.92 Å². The zero-order chi connectivity index (χ0) is 13.9. The van der Waals surface area contributed by atoms with E-state index in [0.717, 1.165) is 38.8 Å². The van der Waals surface area contributed by atoms with Crippen LogP contribution in [0.15, 0.2) is 30.3 Å². The molecule has 1 aromatic carbocycles. The summed E-state index contributed by atoms with van der Waals surface area (Å²) < 4.78 is 0. The van der Waals surface area contributed by atoms with Crippen molar-refractivity contribution < 1.29 is 4.79 Å². The second kappa shape index (κ2) is 5.96. The molecule has 2 fully saturated rings. The van der Waals surface area contributed by atoms with E-state index in [0.29, 0.717) is 18.0 Å². The van der Waals surface area contributed by atoms with Crippen LogP contribution in [0.25, 0.3) is 0 Å². The third-order valence-electron chi connectivity index (χ3n) is 4.69.